The summed E-state index contributed by atoms with van der Waals surface area (Å²) in [7, 11) is -1.90. The van der Waals surface area contributed by atoms with Crippen molar-refractivity contribution in [3.63, 3.8) is 0 Å². The molecule has 2 aromatic heterocycles. The fraction of sp³-hybridized carbons (Fsp3) is 0.222. The molecule has 0 bridgehead atoms. The Morgan fingerprint density at radius 1 is 1.32 bits per heavy atom. The van der Waals surface area contributed by atoms with Crippen LogP contribution in [0.15, 0.2) is 29.7 Å². The van der Waals surface area contributed by atoms with Crippen LogP contribution in [-0.2, 0) is 23.6 Å². The summed E-state index contributed by atoms with van der Waals surface area (Å²) in [5.74, 6) is 5.84. The topological polar surface area (TPSA) is 128 Å². The summed E-state index contributed by atoms with van der Waals surface area (Å²) in [4.78, 5) is 11.5. The highest BCUT2D eigenvalue weighted by Gasteiger charge is 2.15. The number of nitrogens with two attached hydrogens (primary N) is 1. The van der Waals surface area contributed by atoms with E-state index in [1.54, 1.807) is 24.0 Å². The Morgan fingerprint density at radius 2 is 2.00 bits per heavy atom. The van der Waals surface area contributed by atoms with Crippen LogP contribution < -0.4 is 16.0 Å². The minimum Gasteiger partial charge on any atom is -0.337 e. The summed E-state index contributed by atoms with van der Waals surface area (Å²) in [6.45, 7) is 0.0860. The molecule has 19 heavy (non-hydrogen) atoms. The van der Waals surface area contributed by atoms with Crippen LogP contribution in [0.3, 0.4) is 0 Å². The van der Waals surface area contributed by atoms with Gasteiger partial charge in [0.05, 0.1) is 18.9 Å². The quantitative estimate of drug-likeness (QED) is 0.473. The first-order valence-electron chi connectivity index (χ1n) is 5.27. The number of sulfonamides is 1. The van der Waals surface area contributed by atoms with E-state index in [4.69, 9.17) is 5.84 Å². The van der Waals surface area contributed by atoms with Crippen molar-refractivity contribution in [2.45, 2.75) is 11.4 Å². The average Bonchev–Trinajstić information content (AvgIpc) is 2.82. The molecule has 0 aliphatic carbocycles. The average molecular weight is 283 g/mol. The van der Waals surface area contributed by atoms with Crippen LogP contribution in [0, 0.1) is 0 Å². The first kappa shape index (κ1) is 13.4. The molecule has 0 unspecified atom stereocenters. The standard InChI is InChI=1S/C9H13N7O2S/c1-16-3-2-11-8(16)6-14-19(17,18)7-4-12-9(15-10)13-5-7/h2-5,14H,6,10H2,1H3,(H,12,13,15). The van der Waals surface area contributed by atoms with E-state index in [1.807, 2.05) is 0 Å². The van der Waals surface area contributed by atoms with Crippen molar-refractivity contribution in [1.29, 1.82) is 0 Å². The Morgan fingerprint density at radius 3 is 2.53 bits per heavy atom. The summed E-state index contributed by atoms with van der Waals surface area (Å²) >= 11 is 0. The van der Waals surface area contributed by atoms with Gasteiger partial charge in [-0.25, -0.2) is 33.9 Å². The fourth-order valence-corrected chi connectivity index (χ4v) is 2.21. The predicted molar refractivity (Wildman–Crippen MR) is 67.1 cm³/mol. The number of hydrazine groups is 1. The number of nitrogens with one attached hydrogen (secondary N) is 2. The second-order valence-electron chi connectivity index (χ2n) is 3.67. The lowest BCUT2D eigenvalue weighted by Crippen LogP contribution is -2.25. The van der Waals surface area contributed by atoms with E-state index < -0.39 is 10.0 Å². The summed E-state index contributed by atoms with van der Waals surface area (Å²) in [6.07, 6.45) is 5.66. The minimum absolute atomic E-state index is 0.0410. The van der Waals surface area contributed by atoms with Gasteiger partial charge in [0.2, 0.25) is 16.0 Å². The molecule has 0 spiro atoms. The molecule has 0 radical (unpaired) electrons. The van der Waals surface area contributed by atoms with E-state index >= 15 is 0 Å². The highest BCUT2D eigenvalue weighted by atomic mass is 32.2. The summed E-state index contributed by atoms with van der Waals surface area (Å²) in [5, 5.41) is 0. The zero-order valence-electron chi connectivity index (χ0n) is 10.1. The number of aromatic nitrogens is 4. The molecule has 2 heterocycles. The molecule has 0 aliphatic rings. The van der Waals surface area contributed by atoms with Crippen LogP contribution in [0.5, 0.6) is 0 Å². The summed E-state index contributed by atoms with van der Waals surface area (Å²) in [5.41, 5.74) is 2.22. The molecular weight excluding hydrogens is 270 g/mol. The molecule has 0 saturated carbocycles. The molecule has 102 valence electrons. The van der Waals surface area contributed by atoms with Gasteiger partial charge in [-0.2, -0.15) is 0 Å². The molecule has 0 fully saturated rings. The van der Waals surface area contributed by atoms with Crippen molar-refractivity contribution in [3.05, 3.63) is 30.6 Å². The smallest absolute Gasteiger partial charge is 0.244 e. The van der Waals surface area contributed by atoms with Gasteiger partial charge in [0, 0.05) is 19.4 Å². The third kappa shape index (κ3) is 3.05. The van der Waals surface area contributed by atoms with Crippen molar-refractivity contribution in [2.24, 2.45) is 12.9 Å². The SMILES string of the molecule is Cn1ccnc1CNS(=O)(=O)c1cnc(NN)nc1. The molecular formula is C9H13N7O2S. The molecule has 0 amide bonds. The first-order valence-corrected chi connectivity index (χ1v) is 6.76. The molecule has 2 aromatic rings. The van der Waals surface area contributed by atoms with Crippen molar-refractivity contribution in [1.82, 2.24) is 24.2 Å². The van der Waals surface area contributed by atoms with Crippen LogP contribution in [0.2, 0.25) is 0 Å². The van der Waals surface area contributed by atoms with E-state index in [9.17, 15) is 8.42 Å². The Bertz CT molecular complexity index is 649. The van der Waals surface area contributed by atoms with Crippen LogP contribution >= 0.6 is 0 Å². The maximum atomic E-state index is 12.0. The van der Waals surface area contributed by atoms with Gasteiger partial charge in [0.15, 0.2) is 0 Å². The third-order valence-electron chi connectivity index (χ3n) is 2.41. The summed E-state index contributed by atoms with van der Waals surface area (Å²) < 4.78 is 28.1. The van der Waals surface area contributed by atoms with Crippen molar-refractivity contribution in [3.8, 4) is 0 Å². The first-order chi connectivity index (χ1) is 9.03. The molecule has 2 rings (SSSR count). The van der Waals surface area contributed by atoms with E-state index in [-0.39, 0.29) is 17.4 Å². The van der Waals surface area contributed by atoms with Crippen LogP contribution in [0.4, 0.5) is 5.95 Å². The van der Waals surface area contributed by atoms with Gasteiger partial charge in [0.1, 0.15) is 10.7 Å². The van der Waals surface area contributed by atoms with Gasteiger partial charge >= 0.3 is 0 Å². The predicted octanol–water partition coefficient (Wildman–Crippen LogP) is -1.03. The second kappa shape index (κ2) is 5.30. The zero-order chi connectivity index (χ0) is 13.9. The lowest BCUT2D eigenvalue weighted by Gasteiger charge is -2.06. The van der Waals surface area contributed by atoms with Gasteiger partial charge in [0.25, 0.3) is 0 Å². The fourth-order valence-electron chi connectivity index (χ4n) is 1.34. The number of anilines is 1. The Kier molecular flexibility index (Phi) is 3.74. The maximum Gasteiger partial charge on any atom is 0.244 e. The molecule has 10 heteroatoms. The minimum atomic E-state index is -3.68. The highest BCUT2D eigenvalue weighted by Crippen LogP contribution is 2.07. The number of hydrogen-bond donors (Lipinski definition) is 3. The number of hydrogen-bond acceptors (Lipinski definition) is 7. The zero-order valence-corrected chi connectivity index (χ0v) is 10.9. The van der Waals surface area contributed by atoms with Crippen LogP contribution in [0.25, 0.3) is 0 Å². The number of nitrogens with zero attached hydrogens (tertiary/aromatic N) is 4. The Balaban J connectivity index is 2.11. The van der Waals surface area contributed by atoms with Gasteiger partial charge in [-0.05, 0) is 0 Å². The monoisotopic (exact) mass is 283 g/mol. The van der Waals surface area contributed by atoms with E-state index in [0.717, 1.165) is 0 Å². The Hall–Kier alpha value is -2.04. The number of aryl methyl sites for hydroxylation is 1. The lowest BCUT2D eigenvalue weighted by atomic mass is 10.6. The van der Waals surface area contributed by atoms with Crippen LogP contribution in [0.1, 0.15) is 5.82 Å². The lowest BCUT2D eigenvalue weighted by molar-refractivity contribution is 0.576. The van der Waals surface area contributed by atoms with E-state index in [0.29, 0.717) is 5.82 Å². The molecule has 0 atom stereocenters. The van der Waals surface area contributed by atoms with Gasteiger partial charge < -0.3 is 4.57 Å². The van der Waals surface area contributed by atoms with Gasteiger partial charge in [-0.15, -0.1) is 0 Å². The molecule has 0 saturated heterocycles. The van der Waals surface area contributed by atoms with Crippen molar-refractivity contribution >= 4 is 16.0 Å². The third-order valence-corrected chi connectivity index (χ3v) is 3.76. The number of rotatable bonds is 5. The number of imidazole rings is 1. The van der Waals surface area contributed by atoms with Crippen molar-refractivity contribution in [2.75, 3.05) is 5.43 Å². The molecule has 9 nitrogen and oxygen atoms in total. The molecule has 0 aromatic carbocycles. The largest absolute Gasteiger partial charge is 0.337 e. The summed E-state index contributed by atoms with van der Waals surface area (Å²) in [6, 6.07) is 0. The second-order valence-corrected chi connectivity index (χ2v) is 5.43. The van der Waals surface area contributed by atoms with E-state index in [1.165, 1.54) is 12.4 Å². The molecule has 0 aliphatic heterocycles. The van der Waals surface area contributed by atoms with Gasteiger partial charge in [-0.3, -0.25) is 5.43 Å². The van der Waals surface area contributed by atoms with Gasteiger partial charge in [-0.1, -0.05) is 0 Å². The van der Waals surface area contributed by atoms with E-state index in [2.05, 4.69) is 25.1 Å². The normalized spacial score (nSPS) is 11.5. The maximum absolute atomic E-state index is 12.0. The molecule has 4 N–H and O–H groups in total. The Labute approximate surface area is 109 Å². The highest BCUT2D eigenvalue weighted by molar-refractivity contribution is 7.89. The number of nitrogen functional groups attached to an aromatic ring is 1. The van der Waals surface area contributed by atoms with Crippen molar-refractivity contribution < 1.29 is 8.42 Å². The van der Waals surface area contributed by atoms with Crippen LogP contribution in [-0.4, -0.2) is 27.9 Å².